The molecule has 3 rings (SSSR count). The van der Waals surface area contributed by atoms with Crippen LogP contribution in [0.3, 0.4) is 0 Å². The summed E-state index contributed by atoms with van der Waals surface area (Å²) >= 11 is 7.26. The summed E-state index contributed by atoms with van der Waals surface area (Å²) in [6, 6.07) is 12.1. The molecule has 0 spiro atoms. The molecule has 1 aliphatic heterocycles. The number of ether oxygens (including phenoxy) is 1. The molecule has 0 unspecified atom stereocenters. The monoisotopic (exact) mass is 433 g/mol. The summed E-state index contributed by atoms with van der Waals surface area (Å²) < 4.78 is 5.07. The highest BCUT2D eigenvalue weighted by Crippen LogP contribution is 2.38. The lowest BCUT2D eigenvalue weighted by Gasteiger charge is -2.25. The van der Waals surface area contributed by atoms with Crippen molar-refractivity contribution in [3.8, 4) is 5.75 Å². The predicted molar refractivity (Wildman–Crippen MR) is 114 cm³/mol. The highest BCUT2D eigenvalue weighted by molar-refractivity contribution is 8.01. The van der Waals surface area contributed by atoms with Gasteiger partial charge in [-0.05, 0) is 42.5 Å². The Balaban J connectivity index is 1.53. The first kappa shape index (κ1) is 21.0. The summed E-state index contributed by atoms with van der Waals surface area (Å²) in [5.74, 6) is -0.191. The van der Waals surface area contributed by atoms with Gasteiger partial charge < -0.3 is 20.3 Å². The smallest absolute Gasteiger partial charge is 0.243 e. The van der Waals surface area contributed by atoms with Gasteiger partial charge in [-0.25, -0.2) is 0 Å². The minimum atomic E-state index is -0.566. The number of hydrogen-bond acceptors (Lipinski definition) is 5. The van der Waals surface area contributed by atoms with Crippen LogP contribution in [0.5, 0.6) is 5.75 Å². The van der Waals surface area contributed by atoms with E-state index in [-0.39, 0.29) is 30.7 Å². The molecule has 3 amide bonds. The van der Waals surface area contributed by atoms with E-state index in [0.29, 0.717) is 22.1 Å². The van der Waals surface area contributed by atoms with Crippen LogP contribution < -0.4 is 15.4 Å². The van der Waals surface area contributed by atoms with Gasteiger partial charge in [-0.1, -0.05) is 11.6 Å². The van der Waals surface area contributed by atoms with Crippen molar-refractivity contribution in [2.45, 2.75) is 16.6 Å². The quantitative estimate of drug-likeness (QED) is 0.730. The summed E-state index contributed by atoms with van der Waals surface area (Å²) in [7, 11) is 3.10. The van der Waals surface area contributed by atoms with Crippen molar-refractivity contribution in [1.29, 1.82) is 0 Å². The Bertz CT molecular complexity index is 936. The van der Waals surface area contributed by atoms with Gasteiger partial charge in [-0.2, -0.15) is 0 Å². The van der Waals surface area contributed by atoms with Crippen molar-refractivity contribution in [3.63, 3.8) is 0 Å². The van der Waals surface area contributed by atoms with Crippen LogP contribution in [0, 0.1) is 0 Å². The molecule has 7 nitrogen and oxygen atoms in total. The van der Waals surface area contributed by atoms with Crippen LogP contribution in [-0.2, 0) is 14.4 Å². The van der Waals surface area contributed by atoms with Crippen LogP contribution in [-0.4, -0.2) is 48.6 Å². The molecule has 2 aromatic rings. The number of rotatable bonds is 6. The number of hydrogen-bond donors (Lipinski definition) is 2. The van der Waals surface area contributed by atoms with E-state index in [4.69, 9.17) is 16.3 Å². The lowest BCUT2D eigenvalue weighted by Crippen LogP contribution is -2.39. The summed E-state index contributed by atoms with van der Waals surface area (Å²) in [5.41, 5.74) is 1.25. The number of halogens is 1. The van der Waals surface area contributed by atoms with Gasteiger partial charge in [0.05, 0.1) is 24.6 Å². The molecule has 152 valence electrons. The second-order valence-corrected chi connectivity index (χ2v) is 8.15. The van der Waals surface area contributed by atoms with E-state index in [2.05, 4.69) is 10.6 Å². The van der Waals surface area contributed by atoms with Crippen molar-refractivity contribution in [2.75, 3.05) is 31.3 Å². The fraction of sp³-hybridized carbons (Fsp3) is 0.250. The normalized spacial score (nSPS) is 15.1. The van der Waals surface area contributed by atoms with Crippen molar-refractivity contribution >= 4 is 52.5 Å². The Hall–Kier alpha value is -2.71. The standard InChI is InChI=1S/C20H20ClN3O4S/c1-24(11-18(25)22-13-4-6-14(28-2)7-5-13)19(26)10-17-20(27)23-15-9-12(21)3-8-16(15)29-17/h3-9,17H,10-11H2,1-2H3,(H,22,25)(H,23,27)/t17-/m1/s1. The molecular weight excluding hydrogens is 414 g/mol. The van der Waals surface area contributed by atoms with E-state index in [1.165, 1.54) is 23.7 Å². The molecular formula is C20H20ClN3O4S. The number of likely N-dealkylation sites (N-methyl/N-ethyl adjacent to an activating group) is 1. The number of carbonyl (C=O) groups is 3. The molecule has 0 bridgehead atoms. The average Bonchev–Trinajstić information content (AvgIpc) is 2.69. The Kier molecular flexibility index (Phi) is 6.66. The maximum absolute atomic E-state index is 12.5. The molecule has 0 aliphatic carbocycles. The lowest BCUT2D eigenvalue weighted by atomic mass is 10.2. The Labute approximate surface area is 177 Å². The maximum Gasteiger partial charge on any atom is 0.243 e. The van der Waals surface area contributed by atoms with Crippen molar-refractivity contribution in [1.82, 2.24) is 4.90 Å². The number of fused-ring (bicyclic) bond motifs is 1. The van der Waals surface area contributed by atoms with Crippen LogP contribution in [0.4, 0.5) is 11.4 Å². The fourth-order valence-electron chi connectivity index (χ4n) is 2.75. The SMILES string of the molecule is COc1ccc(NC(=O)CN(C)C(=O)C[C@H]2Sc3ccc(Cl)cc3NC2=O)cc1. The van der Waals surface area contributed by atoms with Crippen LogP contribution in [0.1, 0.15) is 6.42 Å². The summed E-state index contributed by atoms with van der Waals surface area (Å²) in [6.45, 7) is -0.115. The number of benzene rings is 2. The number of carbonyl (C=O) groups excluding carboxylic acids is 3. The zero-order valence-electron chi connectivity index (χ0n) is 15.9. The van der Waals surface area contributed by atoms with Gasteiger partial charge in [-0.3, -0.25) is 14.4 Å². The molecule has 0 aromatic heterocycles. The lowest BCUT2D eigenvalue weighted by molar-refractivity contribution is -0.134. The molecule has 2 N–H and O–H groups in total. The topological polar surface area (TPSA) is 87.7 Å². The summed E-state index contributed by atoms with van der Waals surface area (Å²) in [5, 5.41) is 5.46. The van der Waals surface area contributed by atoms with E-state index in [9.17, 15) is 14.4 Å². The molecule has 0 radical (unpaired) electrons. The van der Waals surface area contributed by atoms with Crippen molar-refractivity contribution in [2.24, 2.45) is 0 Å². The molecule has 1 heterocycles. The first-order chi connectivity index (χ1) is 13.9. The van der Waals surface area contributed by atoms with Crippen molar-refractivity contribution in [3.05, 3.63) is 47.5 Å². The number of methoxy groups -OCH3 is 1. The fourth-order valence-corrected chi connectivity index (χ4v) is 4.00. The zero-order valence-corrected chi connectivity index (χ0v) is 17.5. The van der Waals surface area contributed by atoms with Gasteiger partial charge in [0.1, 0.15) is 5.75 Å². The third-order valence-corrected chi connectivity index (χ3v) is 5.81. The Morgan fingerprint density at radius 1 is 1.24 bits per heavy atom. The third kappa shape index (κ3) is 5.42. The van der Waals surface area contributed by atoms with Gasteiger partial charge in [0.15, 0.2) is 0 Å². The number of anilines is 2. The number of nitrogens with one attached hydrogen (secondary N) is 2. The van der Waals surface area contributed by atoms with Gasteiger partial charge in [0, 0.05) is 29.1 Å². The minimum Gasteiger partial charge on any atom is -0.497 e. The summed E-state index contributed by atoms with van der Waals surface area (Å²) in [6.07, 6.45) is -0.00905. The second-order valence-electron chi connectivity index (χ2n) is 6.47. The molecule has 29 heavy (non-hydrogen) atoms. The third-order valence-electron chi connectivity index (χ3n) is 4.30. The molecule has 9 heteroatoms. The van der Waals surface area contributed by atoms with Gasteiger partial charge in [0.2, 0.25) is 17.7 Å². The maximum atomic E-state index is 12.5. The molecule has 1 aliphatic rings. The van der Waals surface area contributed by atoms with Gasteiger partial charge >= 0.3 is 0 Å². The van der Waals surface area contributed by atoms with Crippen LogP contribution >= 0.6 is 23.4 Å². The number of thioether (sulfide) groups is 1. The van der Waals surface area contributed by atoms with Crippen molar-refractivity contribution < 1.29 is 19.1 Å². The van der Waals surface area contributed by atoms with E-state index in [1.807, 2.05) is 6.07 Å². The molecule has 0 saturated heterocycles. The first-order valence-electron chi connectivity index (χ1n) is 8.80. The molecule has 1 atom stereocenters. The highest BCUT2D eigenvalue weighted by Gasteiger charge is 2.30. The summed E-state index contributed by atoms with van der Waals surface area (Å²) in [4.78, 5) is 39.2. The van der Waals surface area contributed by atoms with Crippen LogP contribution in [0.2, 0.25) is 5.02 Å². The predicted octanol–water partition coefficient (Wildman–Crippen LogP) is 3.25. The minimum absolute atomic E-state index is 0.00905. The van der Waals surface area contributed by atoms with Gasteiger partial charge in [0.25, 0.3) is 0 Å². The first-order valence-corrected chi connectivity index (χ1v) is 10.1. The van der Waals surface area contributed by atoms with Crippen LogP contribution in [0.25, 0.3) is 0 Å². The highest BCUT2D eigenvalue weighted by atomic mass is 35.5. The zero-order chi connectivity index (χ0) is 21.0. The average molecular weight is 434 g/mol. The second kappa shape index (κ2) is 9.19. The van der Waals surface area contributed by atoms with Gasteiger partial charge in [-0.15, -0.1) is 11.8 Å². The molecule has 0 fully saturated rings. The van der Waals surface area contributed by atoms with E-state index >= 15 is 0 Å². The largest absolute Gasteiger partial charge is 0.497 e. The van der Waals surface area contributed by atoms with E-state index in [1.54, 1.807) is 43.5 Å². The van der Waals surface area contributed by atoms with Crippen LogP contribution in [0.15, 0.2) is 47.4 Å². The number of amides is 3. The van der Waals surface area contributed by atoms with E-state index < -0.39 is 5.25 Å². The number of nitrogens with zero attached hydrogens (tertiary/aromatic N) is 1. The Morgan fingerprint density at radius 2 is 1.97 bits per heavy atom. The molecule has 0 saturated carbocycles. The Morgan fingerprint density at radius 3 is 2.66 bits per heavy atom. The molecule has 2 aromatic carbocycles. The van der Waals surface area contributed by atoms with E-state index in [0.717, 1.165) is 4.90 Å².